The normalized spacial score (nSPS) is 15.2. The molecule has 0 unspecified atom stereocenters. The molecule has 1 aromatic carbocycles. The fourth-order valence-corrected chi connectivity index (χ4v) is 3.24. The van der Waals surface area contributed by atoms with E-state index >= 15 is 0 Å². The number of benzene rings is 1. The zero-order chi connectivity index (χ0) is 24.2. The number of amides is 2. The highest BCUT2D eigenvalue weighted by Gasteiger charge is 2.34. The van der Waals surface area contributed by atoms with Crippen LogP contribution in [-0.2, 0) is 9.59 Å². The number of rotatable bonds is 13. The van der Waals surface area contributed by atoms with Gasteiger partial charge in [-0.25, -0.2) is 0 Å². The Kier molecular flexibility index (Phi) is 10.4. The van der Waals surface area contributed by atoms with Crippen LogP contribution in [0.3, 0.4) is 0 Å². The van der Waals surface area contributed by atoms with Crippen LogP contribution in [0.5, 0.6) is 11.5 Å². The van der Waals surface area contributed by atoms with Crippen molar-refractivity contribution >= 4 is 17.6 Å². The second-order valence-corrected chi connectivity index (χ2v) is 7.94. The number of carbonyl (C=O) groups excluding carboxylic acids is 2. The van der Waals surface area contributed by atoms with E-state index in [4.69, 9.17) is 20.3 Å². The van der Waals surface area contributed by atoms with Crippen LogP contribution in [0.15, 0.2) is 53.4 Å². The Morgan fingerprint density at radius 2 is 2.06 bits per heavy atom. The van der Waals surface area contributed by atoms with Crippen LogP contribution >= 0.6 is 0 Å². The Morgan fingerprint density at radius 3 is 2.73 bits per heavy atom. The fraction of sp³-hybridized carbons (Fsp3) is 0.458. The average Bonchev–Trinajstić information content (AvgIpc) is 3.12. The topological polar surface area (TPSA) is 126 Å². The van der Waals surface area contributed by atoms with Gasteiger partial charge >= 0.3 is 0 Å². The van der Waals surface area contributed by atoms with Crippen molar-refractivity contribution in [3.63, 3.8) is 0 Å². The summed E-state index contributed by atoms with van der Waals surface area (Å²) in [6.07, 6.45) is 5.48. The van der Waals surface area contributed by atoms with Gasteiger partial charge in [0.2, 0.25) is 0 Å². The number of para-hydroxylation sites is 2. The first kappa shape index (κ1) is 25.9. The molecule has 1 heterocycles. The van der Waals surface area contributed by atoms with E-state index in [0.717, 1.165) is 0 Å². The van der Waals surface area contributed by atoms with Crippen molar-refractivity contribution in [1.82, 2.24) is 10.2 Å². The Morgan fingerprint density at radius 1 is 1.33 bits per heavy atom. The highest BCUT2D eigenvalue weighted by molar-refractivity contribution is 6.03. The van der Waals surface area contributed by atoms with Gasteiger partial charge in [0.1, 0.15) is 17.6 Å². The molecule has 2 rings (SSSR count). The van der Waals surface area contributed by atoms with Crippen molar-refractivity contribution in [2.24, 2.45) is 16.6 Å². The van der Waals surface area contributed by atoms with Crippen LogP contribution < -0.4 is 20.5 Å². The van der Waals surface area contributed by atoms with Crippen molar-refractivity contribution in [2.75, 3.05) is 26.3 Å². The third-order valence-corrected chi connectivity index (χ3v) is 4.73. The van der Waals surface area contributed by atoms with Gasteiger partial charge in [-0.05, 0) is 43.9 Å². The third kappa shape index (κ3) is 8.27. The molecule has 1 aromatic rings. The molecule has 0 aromatic heterocycles. The molecule has 2 amide bonds. The van der Waals surface area contributed by atoms with Gasteiger partial charge in [-0.2, -0.15) is 4.99 Å². The summed E-state index contributed by atoms with van der Waals surface area (Å²) in [7, 11) is 0. The number of carbonyl (C=O) groups is 2. The minimum absolute atomic E-state index is 0.0342. The molecule has 0 saturated carbocycles. The van der Waals surface area contributed by atoms with Crippen molar-refractivity contribution < 1.29 is 24.2 Å². The molecule has 1 aliphatic rings. The van der Waals surface area contributed by atoms with E-state index in [-0.39, 0.29) is 30.8 Å². The monoisotopic (exact) mass is 458 g/mol. The highest BCUT2D eigenvalue weighted by atomic mass is 16.5. The molecule has 33 heavy (non-hydrogen) atoms. The first-order valence-corrected chi connectivity index (χ1v) is 11.1. The summed E-state index contributed by atoms with van der Waals surface area (Å²) in [5.74, 6) is 0.909. The van der Waals surface area contributed by atoms with Crippen LogP contribution in [0.1, 0.15) is 33.6 Å². The van der Waals surface area contributed by atoms with Gasteiger partial charge in [-0.15, -0.1) is 0 Å². The minimum Gasteiger partial charge on any atom is -0.490 e. The second kappa shape index (κ2) is 13.3. The molecular weight excluding hydrogens is 424 g/mol. The first-order valence-electron chi connectivity index (χ1n) is 11.1. The van der Waals surface area contributed by atoms with E-state index in [1.807, 2.05) is 32.9 Å². The Labute approximate surface area is 195 Å². The molecule has 0 fully saturated rings. The van der Waals surface area contributed by atoms with Crippen molar-refractivity contribution in [3.8, 4) is 11.5 Å². The number of nitrogens with zero attached hydrogens (tertiary/aromatic N) is 2. The number of ether oxygens (including phenoxy) is 2. The minimum atomic E-state index is -0.758. The van der Waals surface area contributed by atoms with E-state index in [2.05, 4.69) is 10.3 Å². The summed E-state index contributed by atoms with van der Waals surface area (Å²) in [6.45, 7) is 7.13. The second-order valence-electron chi connectivity index (χ2n) is 7.94. The van der Waals surface area contributed by atoms with Crippen LogP contribution in [0.2, 0.25) is 0 Å². The molecular formula is C24H34N4O5. The van der Waals surface area contributed by atoms with Gasteiger partial charge in [-0.3, -0.25) is 9.59 Å². The lowest BCUT2D eigenvalue weighted by Gasteiger charge is -2.26. The molecule has 180 valence electrons. The Hall–Kier alpha value is -3.33. The van der Waals surface area contributed by atoms with Gasteiger partial charge in [0.25, 0.3) is 11.8 Å². The number of aliphatic imine (C=N–C) groups is 1. The third-order valence-electron chi connectivity index (χ3n) is 4.73. The molecule has 0 aliphatic carbocycles. The van der Waals surface area contributed by atoms with E-state index in [9.17, 15) is 9.59 Å². The van der Waals surface area contributed by atoms with Gasteiger partial charge in [0.05, 0.1) is 13.2 Å². The summed E-state index contributed by atoms with van der Waals surface area (Å²) < 4.78 is 11.5. The molecule has 0 spiro atoms. The van der Waals surface area contributed by atoms with Crippen molar-refractivity contribution in [2.45, 2.75) is 39.7 Å². The predicted octanol–water partition coefficient (Wildman–Crippen LogP) is 1.97. The zero-order valence-corrected chi connectivity index (χ0v) is 19.5. The fourth-order valence-electron chi connectivity index (χ4n) is 3.24. The van der Waals surface area contributed by atoms with Crippen LogP contribution in [0, 0.1) is 5.92 Å². The van der Waals surface area contributed by atoms with Crippen molar-refractivity contribution in [1.29, 1.82) is 0 Å². The summed E-state index contributed by atoms with van der Waals surface area (Å²) >= 11 is 0. The molecule has 9 heteroatoms. The number of nitrogens with one attached hydrogen (secondary N) is 1. The van der Waals surface area contributed by atoms with Gasteiger partial charge in [0, 0.05) is 25.4 Å². The van der Waals surface area contributed by atoms with Crippen molar-refractivity contribution in [3.05, 3.63) is 48.4 Å². The van der Waals surface area contributed by atoms with Crippen LogP contribution in [-0.4, -0.2) is 60.0 Å². The van der Waals surface area contributed by atoms with Crippen LogP contribution in [0.4, 0.5) is 0 Å². The van der Waals surface area contributed by atoms with E-state index in [0.29, 0.717) is 43.3 Å². The maximum Gasteiger partial charge on any atom is 0.270 e. The zero-order valence-electron chi connectivity index (χ0n) is 19.5. The average molecular weight is 459 g/mol. The summed E-state index contributed by atoms with van der Waals surface area (Å²) in [6, 6.07) is 6.46. The molecule has 0 radical (unpaired) electrons. The number of hydrogen-bond acceptors (Lipinski definition) is 6. The molecule has 0 saturated heterocycles. The number of hydrogen-bond donors (Lipinski definition) is 3. The Balaban J connectivity index is 2.10. The number of nitrogens with two attached hydrogens (primary N) is 1. The number of amidine groups is 1. The van der Waals surface area contributed by atoms with Gasteiger partial charge in [-0.1, -0.05) is 26.0 Å². The van der Waals surface area contributed by atoms with Gasteiger partial charge < -0.3 is 30.5 Å². The summed E-state index contributed by atoms with van der Waals surface area (Å²) in [4.78, 5) is 31.1. The quantitative estimate of drug-likeness (QED) is 0.234. The Bertz CT molecular complexity index is 895. The number of aliphatic hydroxyl groups excluding tert-OH is 1. The molecule has 9 nitrogen and oxygen atoms in total. The smallest absolute Gasteiger partial charge is 0.270 e. The van der Waals surface area contributed by atoms with E-state index in [1.54, 1.807) is 18.3 Å². The summed E-state index contributed by atoms with van der Waals surface area (Å²) in [5, 5.41) is 11.7. The van der Waals surface area contributed by atoms with Gasteiger partial charge in [0.15, 0.2) is 11.5 Å². The first-order chi connectivity index (χ1) is 15.8. The lowest BCUT2D eigenvalue weighted by Crippen LogP contribution is -2.43. The standard InChI is InChI=1S/C24H34N4O5/c1-4-32-20-8-5-6-9-21(20)33-18-15-23(30)28(16-18)19(14-17(2)3)24(31)27-22(25)10-12-26-11-7-13-29/h5-6,8-10,12,15,17,19,26,29H,4,7,11,13-14,16H2,1-3H3,(H2,25,27,31)/b12-10-/t19-/m0/s1. The molecule has 1 aliphatic heterocycles. The molecule has 0 bridgehead atoms. The van der Waals surface area contributed by atoms with E-state index < -0.39 is 11.9 Å². The predicted molar refractivity (Wildman–Crippen MR) is 127 cm³/mol. The maximum atomic E-state index is 12.9. The number of aliphatic hydroxyl groups is 1. The van der Waals surface area contributed by atoms with Crippen LogP contribution in [0.25, 0.3) is 0 Å². The lowest BCUT2D eigenvalue weighted by molar-refractivity contribution is -0.134. The largest absolute Gasteiger partial charge is 0.490 e. The maximum absolute atomic E-state index is 12.9. The summed E-state index contributed by atoms with van der Waals surface area (Å²) in [5.41, 5.74) is 5.86. The molecule has 1 atom stereocenters. The highest BCUT2D eigenvalue weighted by Crippen LogP contribution is 2.30. The SMILES string of the molecule is CCOc1ccccc1OC1=CC(=O)N([C@@H](CC(C)C)C(=O)N=C(N)/C=C\NCCCO)C1. The molecule has 4 N–H and O–H groups in total. The van der Waals surface area contributed by atoms with E-state index in [1.165, 1.54) is 17.1 Å². The lowest BCUT2D eigenvalue weighted by atomic mass is 10.0.